The van der Waals surface area contributed by atoms with Crippen molar-refractivity contribution < 1.29 is 22.7 Å². The maximum absolute atomic E-state index is 13.2. The van der Waals surface area contributed by atoms with Crippen molar-refractivity contribution in [3.05, 3.63) is 77.1 Å². The SMILES string of the molecule is O=C(Nc1nc2c(C(F)(F)F)cc(Cl)cc2[nH]1)c1ccc(Oc2ccncc2)cc1. The van der Waals surface area contributed by atoms with Crippen LogP contribution in [0.4, 0.5) is 19.1 Å². The summed E-state index contributed by atoms with van der Waals surface area (Å²) in [6.45, 7) is 0. The third kappa shape index (κ3) is 4.20. The first-order valence-electron chi connectivity index (χ1n) is 8.55. The molecule has 0 bridgehead atoms. The number of carbonyl (C=O) groups excluding carboxylic acids is 1. The zero-order chi connectivity index (χ0) is 21.3. The van der Waals surface area contributed by atoms with E-state index in [4.69, 9.17) is 16.3 Å². The Hall–Kier alpha value is -3.59. The molecule has 4 aromatic rings. The molecule has 0 aliphatic carbocycles. The van der Waals surface area contributed by atoms with Crippen molar-refractivity contribution in [3.63, 3.8) is 0 Å². The summed E-state index contributed by atoms with van der Waals surface area (Å²) in [5.41, 5.74) is -0.986. The first kappa shape index (κ1) is 19.7. The van der Waals surface area contributed by atoms with E-state index in [0.29, 0.717) is 11.5 Å². The molecule has 0 unspecified atom stereocenters. The van der Waals surface area contributed by atoms with Crippen molar-refractivity contribution in [2.45, 2.75) is 6.18 Å². The summed E-state index contributed by atoms with van der Waals surface area (Å²) in [5, 5.41) is 2.35. The van der Waals surface area contributed by atoms with Crippen molar-refractivity contribution in [2.75, 3.05) is 5.32 Å². The third-order valence-electron chi connectivity index (χ3n) is 4.09. The third-order valence-corrected chi connectivity index (χ3v) is 4.31. The molecular weight excluding hydrogens is 421 g/mol. The van der Waals surface area contributed by atoms with Gasteiger partial charge >= 0.3 is 6.18 Å². The second kappa shape index (κ2) is 7.68. The van der Waals surface area contributed by atoms with Crippen LogP contribution in [0.25, 0.3) is 11.0 Å². The van der Waals surface area contributed by atoms with E-state index in [1.165, 1.54) is 18.2 Å². The van der Waals surface area contributed by atoms with Gasteiger partial charge in [-0.05, 0) is 48.5 Å². The van der Waals surface area contributed by atoms with E-state index in [9.17, 15) is 18.0 Å². The molecule has 4 rings (SSSR count). The maximum atomic E-state index is 13.2. The Balaban J connectivity index is 1.53. The highest BCUT2D eigenvalue weighted by Crippen LogP contribution is 2.36. The largest absolute Gasteiger partial charge is 0.457 e. The Labute approximate surface area is 172 Å². The predicted molar refractivity (Wildman–Crippen MR) is 105 cm³/mol. The topological polar surface area (TPSA) is 79.9 Å². The first-order valence-corrected chi connectivity index (χ1v) is 8.93. The number of anilines is 1. The van der Waals surface area contributed by atoms with Gasteiger partial charge in [0, 0.05) is 23.0 Å². The lowest BCUT2D eigenvalue weighted by Gasteiger charge is -2.07. The number of hydrogen-bond acceptors (Lipinski definition) is 4. The lowest BCUT2D eigenvalue weighted by Crippen LogP contribution is -2.12. The van der Waals surface area contributed by atoms with Crippen molar-refractivity contribution >= 4 is 34.5 Å². The van der Waals surface area contributed by atoms with Crippen LogP contribution in [0.15, 0.2) is 60.9 Å². The standard InChI is InChI=1S/C20H12ClF3N4O2/c21-12-9-15(20(22,23)24)17-16(10-12)26-19(27-17)28-18(29)11-1-3-13(4-2-11)30-14-5-7-25-8-6-14/h1-10H,(H2,26,27,28,29). The number of carbonyl (C=O) groups is 1. The summed E-state index contributed by atoms with van der Waals surface area (Å²) in [6.07, 6.45) is -1.46. The summed E-state index contributed by atoms with van der Waals surface area (Å²) in [6, 6.07) is 11.7. The van der Waals surface area contributed by atoms with E-state index in [-0.39, 0.29) is 27.6 Å². The molecule has 10 heteroatoms. The van der Waals surface area contributed by atoms with E-state index in [1.807, 2.05) is 0 Å². The monoisotopic (exact) mass is 432 g/mol. The number of benzene rings is 2. The highest BCUT2D eigenvalue weighted by molar-refractivity contribution is 6.31. The number of ether oxygens (including phenoxy) is 1. The van der Waals surface area contributed by atoms with Crippen molar-refractivity contribution in [1.29, 1.82) is 0 Å². The molecule has 6 nitrogen and oxygen atoms in total. The van der Waals surface area contributed by atoms with Gasteiger partial charge in [0.15, 0.2) is 0 Å². The van der Waals surface area contributed by atoms with Crippen LogP contribution in [0.2, 0.25) is 5.02 Å². The molecule has 2 aromatic heterocycles. The van der Waals surface area contributed by atoms with E-state index in [1.54, 1.807) is 36.7 Å². The molecule has 30 heavy (non-hydrogen) atoms. The van der Waals surface area contributed by atoms with Crippen molar-refractivity contribution in [3.8, 4) is 11.5 Å². The summed E-state index contributed by atoms with van der Waals surface area (Å²) >= 11 is 5.76. The summed E-state index contributed by atoms with van der Waals surface area (Å²) in [5.74, 6) is 0.415. The van der Waals surface area contributed by atoms with Gasteiger partial charge in [0.2, 0.25) is 5.95 Å². The summed E-state index contributed by atoms with van der Waals surface area (Å²) in [7, 11) is 0. The Morgan fingerprint density at radius 1 is 1.03 bits per heavy atom. The van der Waals surface area contributed by atoms with E-state index < -0.39 is 17.6 Å². The van der Waals surface area contributed by atoms with E-state index >= 15 is 0 Å². The molecule has 0 fully saturated rings. The smallest absolute Gasteiger partial charge is 0.418 e. The Morgan fingerprint density at radius 2 is 1.70 bits per heavy atom. The van der Waals surface area contributed by atoms with Gasteiger partial charge in [-0.25, -0.2) is 4.98 Å². The van der Waals surface area contributed by atoms with Crippen LogP contribution in [-0.2, 0) is 6.18 Å². The number of aromatic nitrogens is 3. The van der Waals surface area contributed by atoms with Gasteiger partial charge in [-0.2, -0.15) is 13.2 Å². The second-order valence-electron chi connectivity index (χ2n) is 6.20. The minimum Gasteiger partial charge on any atom is -0.457 e. The Bertz CT molecular complexity index is 1210. The number of H-pyrrole nitrogens is 1. The summed E-state index contributed by atoms with van der Waals surface area (Å²) < 4.78 is 45.3. The number of halogens is 4. The minimum absolute atomic E-state index is 0.0613. The van der Waals surface area contributed by atoms with Crippen LogP contribution in [-0.4, -0.2) is 20.9 Å². The molecule has 2 aromatic carbocycles. The molecule has 152 valence electrons. The van der Waals surface area contributed by atoms with Crippen LogP contribution in [0.1, 0.15) is 15.9 Å². The van der Waals surface area contributed by atoms with E-state index in [2.05, 4.69) is 20.3 Å². The van der Waals surface area contributed by atoms with Crippen LogP contribution >= 0.6 is 11.6 Å². The molecule has 0 radical (unpaired) electrons. The molecule has 2 N–H and O–H groups in total. The molecule has 0 saturated heterocycles. The number of nitrogens with one attached hydrogen (secondary N) is 2. The highest BCUT2D eigenvalue weighted by Gasteiger charge is 2.34. The first-order chi connectivity index (χ1) is 14.3. The minimum atomic E-state index is -4.63. The fraction of sp³-hybridized carbons (Fsp3) is 0.0500. The van der Waals surface area contributed by atoms with Crippen LogP contribution in [0.3, 0.4) is 0 Å². The Morgan fingerprint density at radius 3 is 2.37 bits per heavy atom. The zero-order valence-electron chi connectivity index (χ0n) is 15.0. The van der Waals surface area contributed by atoms with Gasteiger partial charge < -0.3 is 9.72 Å². The highest BCUT2D eigenvalue weighted by atomic mass is 35.5. The number of imidazole rings is 1. The quantitative estimate of drug-likeness (QED) is 0.435. The second-order valence-corrected chi connectivity index (χ2v) is 6.63. The molecule has 1 amide bonds. The zero-order valence-corrected chi connectivity index (χ0v) is 15.8. The van der Waals surface area contributed by atoms with Gasteiger partial charge in [0.1, 0.15) is 17.0 Å². The summed E-state index contributed by atoms with van der Waals surface area (Å²) in [4.78, 5) is 22.8. The molecular formula is C20H12ClF3N4O2. The number of hydrogen-bond donors (Lipinski definition) is 2. The van der Waals surface area contributed by atoms with Crippen molar-refractivity contribution in [2.24, 2.45) is 0 Å². The van der Waals surface area contributed by atoms with Gasteiger partial charge in [0.05, 0.1) is 11.1 Å². The fourth-order valence-electron chi connectivity index (χ4n) is 2.75. The number of fused-ring (bicyclic) bond motifs is 1. The van der Waals surface area contributed by atoms with Crippen LogP contribution < -0.4 is 10.1 Å². The number of alkyl halides is 3. The van der Waals surface area contributed by atoms with Crippen LogP contribution in [0, 0.1) is 0 Å². The van der Waals surface area contributed by atoms with Gasteiger partial charge in [0.25, 0.3) is 5.91 Å². The molecule has 0 aliphatic rings. The molecule has 0 aliphatic heterocycles. The number of amides is 1. The number of aromatic amines is 1. The number of rotatable bonds is 4. The van der Waals surface area contributed by atoms with E-state index in [0.717, 1.165) is 6.07 Å². The fourth-order valence-corrected chi connectivity index (χ4v) is 2.97. The van der Waals surface area contributed by atoms with Crippen LogP contribution in [0.5, 0.6) is 11.5 Å². The number of nitrogens with zero attached hydrogens (tertiary/aromatic N) is 2. The molecule has 0 saturated carbocycles. The van der Waals surface area contributed by atoms with Gasteiger partial charge in [-0.3, -0.25) is 15.1 Å². The molecule has 2 heterocycles. The van der Waals surface area contributed by atoms with Crippen molar-refractivity contribution in [1.82, 2.24) is 15.0 Å². The average molecular weight is 433 g/mol. The average Bonchev–Trinajstić information content (AvgIpc) is 3.09. The lowest BCUT2D eigenvalue weighted by atomic mass is 10.2. The predicted octanol–water partition coefficient (Wildman–Crippen LogP) is 5.67. The van der Waals surface area contributed by atoms with Gasteiger partial charge in [-0.1, -0.05) is 11.6 Å². The van der Waals surface area contributed by atoms with Gasteiger partial charge in [-0.15, -0.1) is 0 Å². The lowest BCUT2D eigenvalue weighted by molar-refractivity contribution is -0.136. The maximum Gasteiger partial charge on any atom is 0.418 e. The molecule has 0 spiro atoms. The number of pyridine rings is 1. The normalized spacial score (nSPS) is 11.5. The Kier molecular flexibility index (Phi) is 5.04. The molecule has 0 atom stereocenters.